The van der Waals surface area contributed by atoms with Gasteiger partial charge in [-0.15, -0.1) is 0 Å². The molecule has 0 aromatic rings. The molecule has 26 heavy (non-hydrogen) atoms. The van der Waals surface area contributed by atoms with Gasteiger partial charge in [-0.1, -0.05) is 30.0 Å². The Morgan fingerprint density at radius 2 is 2.08 bits per heavy atom. The summed E-state index contributed by atoms with van der Waals surface area (Å²) in [6.07, 6.45) is 10.2. The zero-order valence-corrected chi connectivity index (χ0v) is 16.3. The summed E-state index contributed by atoms with van der Waals surface area (Å²) in [6.45, 7) is 9.56. The Morgan fingerprint density at radius 3 is 2.58 bits per heavy atom. The van der Waals surface area contributed by atoms with Gasteiger partial charge in [-0.25, -0.2) is 21.5 Å². The summed E-state index contributed by atoms with van der Waals surface area (Å²) >= 11 is 0. The first-order valence-electron chi connectivity index (χ1n) is 8.75. The number of hydrazine groups is 2. The van der Waals surface area contributed by atoms with E-state index in [-0.39, 0.29) is 6.61 Å². The van der Waals surface area contributed by atoms with Crippen LogP contribution in [-0.2, 0) is 4.84 Å². The van der Waals surface area contributed by atoms with Gasteiger partial charge >= 0.3 is 6.03 Å². The molecule has 0 heterocycles. The number of urea groups is 1. The summed E-state index contributed by atoms with van der Waals surface area (Å²) in [5, 5.41) is 6.15. The smallest absolute Gasteiger partial charge is 0.352 e. The summed E-state index contributed by atoms with van der Waals surface area (Å²) in [5.41, 5.74) is 4.16. The molecule has 0 saturated heterocycles. The average Bonchev–Trinajstić information content (AvgIpc) is 2.66. The Bertz CT molecular complexity index is 644. The Kier molecular flexibility index (Phi) is 8.81. The number of amides is 2. The van der Waals surface area contributed by atoms with E-state index in [1.165, 1.54) is 25.5 Å². The van der Waals surface area contributed by atoms with E-state index in [4.69, 9.17) is 16.5 Å². The standard InChI is InChI=1S/C19H31N5O2/c1-6-14(3)17(18(7-2)24(21)19(25)23(5)20)13-26-22-15(4)16-11-9-8-10-12-16/h6-7,11H,1,8-10,12-13,20-21H2,2-5H3/b17-14-,18-7+,22-15?. The first-order valence-corrected chi connectivity index (χ1v) is 8.75. The third-order valence-corrected chi connectivity index (χ3v) is 4.30. The first kappa shape index (κ1) is 21.7. The van der Waals surface area contributed by atoms with Gasteiger partial charge in [0.2, 0.25) is 0 Å². The first-order chi connectivity index (χ1) is 12.3. The molecule has 1 aliphatic carbocycles. The fourth-order valence-corrected chi connectivity index (χ4v) is 2.66. The van der Waals surface area contributed by atoms with Gasteiger partial charge in [0.25, 0.3) is 0 Å². The Labute approximate surface area is 156 Å². The van der Waals surface area contributed by atoms with E-state index in [1.54, 1.807) is 19.1 Å². The molecule has 0 radical (unpaired) electrons. The molecule has 0 aromatic carbocycles. The number of nitrogens with two attached hydrogens (primary N) is 2. The van der Waals surface area contributed by atoms with E-state index in [2.05, 4.69) is 17.8 Å². The summed E-state index contributed by atoms with van der Waals surface area (Å²) in [7, 11) is 1.43. The molecule has 7 heteroatoms. The van der Waals surface area contributed by atoms with Crippen LogP contribution in [0.2, 0.25) is 0 Å². The van der Waals surface area contributed by atoms with Crippen LogP contribution in [0.4, 0.5) is 4.79 Å². The number of oxime groups is 1. The molecule has 0 unspecified atom stereocenters. The van der Waals surface area contributed by atoms with Crippen molar-refractivity contribution in [3.8, 4) is 0 Å². The Balaban J connectivity index is 2.96. The van der Waals surface area contributed by atoms with Crippen LogP contribution in [0.5, 0.6) is 0 Å². The molecule has 0 aromatic heterocycles. The molecule has 4 N–H and O–H groups in total. The molecule has 1 rings (SSSR count). The van der Waals surface area contributed by atoms with Crippen molar-refractivity contribution in [1.29, 1.82) is 0 Å². The molecule has 1 aliphatic rings. The van der Waals surface area contributed by atoms with Crippen molar-refractivity contribution in [2.24, 2.45) is 16.8 Å². The maximum atomic E-state index is 12.1. The monoisotopic (exact) mass is 361 g/mol. The molecule has 144 valence electrons. The van der Waals surface area contributed by atoms with Crippen molar-refractivity contribution in [3.05, 3.63) is 47.2 Å². The largest absolute Gasteiger partial charge is 0.391 e. The van der Waals surface area contributed by atoms with Gasteiger partial charge < -0.3 is 4.84 Å². The third kappa shape index (κ3) is 5.86. The number of carbonyl (C=O) groups excluding carboxylic acids is 1. The highest BCUT2D eigenvalue weighted by Gasteiger charge is 2.21. The van der Waals surface area contributed by atoms with E-state index in [9.17, 15) is 4.79 Å². The third-order valence-electron chi connectivity index (χ3n) is 4.30. The highest BCUT2D eigenvalue weighted by atomic mass is 16.6. The van der Waals surface area contributed by atoms with Gasteiger partial charge in [0.1, 0.15) is 6.61 Å². The molecule has 0 bridgehead atoms. The highest BCUT2D eigenvalue weighted by Crippen LogP contribution is 2.21. The Hall–Kier alpha value is -2.38. The van der Waals surface area contributed by atoms with Gasteiger partial charge in [-0.3, -0.25) is 5.01 Å². The van der Waals surface area contributed by atoms with E-state index in [0.717, 1.165) is 39.7 Å². The van der Waals surface area contributed by atoms with Gasteiger partial charge in [0, 0.05) is 12.6 Å². The number of hydrogen-bond acceptors (Lipinski definition) is 5. The van der Waals surface area contributed by atoms with Crippen LogP contribution in [0.1, 0.15) is 46.5 Å². The normalized spacial score (nSPS) is 16.5. The second kappa shape index (κ2) is 10.6. The maximum absolute atomic E-state index is 12.1. The number of carbonyl (C=O) groups is 1. The fourth-order valence-electron chi connectivity index (χ4n) is 2.66. The molecule has 7 nitrogen and oxygen atoms in total. The summed E-state index contributed by atoms with van der Waals surface area (Å²) < 4.78 is 0. The fraction of sp³-hybridized carbons (Fsp3) is 0.474. The predicted octanol–water partition coefficient (Wildman–Crippen LogP) is 3.39. The van der Waals surface area contributed by atoms with E-state index < -0.39 is 6.03 Å². The van der Waals surface area contributed by atoms with Crippen LogP contribution in [-0.4, -0.2) is 35.4 Å². The Morgan fingerprint density at radius 1 is 1.38 bits per heavy atom. The highest BCUT2D eigenvalue weighted by molar-refractivity contribution is 5.97. The van der Waals surface area contributed by atoms with Crippen molar-refractivity contribution in [3.63, 3.8) is 0 Å². The second-order valence-corrected chi connectivity index (χ2v) is 6.23. The SMILES string of the molecule is C=C/C(C)=C(CON=C(C)C1=CCCCC1)\C(=C/C)N(N)C(=O)N(C)N. The minimum Gasteiger partial charge on any atom is -0.391 e. The predicted molar refractivity (Wildman–Crippen MR) is 106 cm³/mol. The molecule has 0 fully saturated rings. The molecular formula is C19H31N5O2. The second-order valence-electron chi connectivity index (χ2n) is 6.23. The number of nitrogens with zero attached hydrogens (tertiary/aromatic N) is 3. The summed E-state index contributed by atoms with van der Waals surface area (Å²) in [6, 6.07) is -0.542. The van der Waals surface area contributed by atoms with Crippen LogP contribution in [0.25, 0.3) is 0 Å². The lowest BCUT2D eigenvalue weighted by molar-refractivity contribution is 0.159. The van der Waals surface area contributed by atoms with Crippen LogP contribution in [0.15, 0.2) is 52.4 Å². The lowest BCUT2D eigenvalue weighted by Gasteiger charge is -2.25. The molecule has 0 atom stereocenters. The zero-order chi connectivity index (χ0) is 19.7. The van der Waals surface area contributed by atoms with E-state index in [0.29, 0.717) is 5.70 Å². The van der Waals surface area contributed by atoms with Gasteiger partial charge in [-0.05, 0) is 57.6 Å². The lowest BCUT2D eigenvalue weighted by atomic mass is 9.97. The van der Waals surface area contributed by atoms with Crippen molar-refractivity contribution in [2.45, 2.75) is 46.5 Å². The molecule has 0 spiro atoms. The zero-order valence-electron chi connectivity index (χ0n) is 16.3. The summed E-state index contributed by atoms with van der Waals surface area (Å²) in [5.74, 6) is 11.4. The van der Waals surface area contributed by atoms with Crippen LogP contribution < -0.4 is 11.7 Å². The maximum Gasteiger partial charge on any atom is 0.352 e. The molecule has 0 aliphatic heterocycles. The number of rotatable bonds is 7. The average molecular weight is 361 g/mol. The van der Waals surface area contributed by atoms with Crippen LogP contribution in [0, 0.1) is 0 Å². The molecule has 2 amide bonds. The van der Waals surface area contributed by atoms with Crippen molar-refractivity contribution in [1.82, 2.24) is 10.0 Å². The van der Waals surface area contributed by atoms with Crippen LogP contribution >= 0.6 is 0 Å². The lowest BCUT2D eigenvalue weighted by Crippen LogP contribution is -2.48. The van der Waals surface area contributed by atoms with Gasteiger partial charge in [-0.2, -0.15) is 0 Å². The number of allylic oxidation sites excluding steroid dienone is 5. The minimum absolute atomic E-state index is 0.164. The van der Waals surface area contributed by atoms with E-state index in [1.807, 2.05) is 13.8 Å². The quantitative estimate of drug-likeness (QED) is 0.239. The topological polar surface area (TPSA) is 97.2 Å². The van der Waals surface area contributed by atoms with E-state index >= 15 is 0 Å². The molecule has 0 saturated carbocycles. The number of hydrogen-bond donors (Lipinski definition) is 2. The van der Waals surface area contributed by atoms with Gasteiger partial charge in [0.05, 0.1) is 11.4 Å². The van der Waals surface area contributed by atoms with Crippen molar-refractivity contribution in [2.75, 3.05) is 13.7 Å². The van der Waals surface area contributed by atoms with Crippen molar-refractivity contribution >= 4 is 11.7 Å². The summed E-state index contributed by atoms with van der Waals surface area (Å²) in [4.78, 5) is 17.7. The van der Waals surface area contributed by atoms with Crippen molar-refractivity contribution < 1.29 is 9.63 Å². The minimum atomic E-state index is -0.542. The van der Waals surface area contributed by atoms with Gasteiger partial charge in [0.15, 0.2) is 0 Å². The molecular weight excluding hydrogens is 330 g/mol. The van der Waals surface area contributed by atoms with Crippen LogP contribution in [0.3, 0.4) is 0 Å².